The van der Waals surface area contributed by atoms with Gasteiger partial charge in [-0.3, -0.25) is 44.4 Å². The zero-order chi connectivity index (χ0) is 86.0. The van der Waals surface area contributed by atoms with E-state index in [4.69, 9.17) is 19.9 Å². The quantitative estimate of drug-likeness (QED) is 0.114. The van der Waals surface area contributed by atoms with Crippen LogP contribution in [0.2, 0.25) is 0 Å². The molecule has 0 N–H and O–H groups in total. The third-order valence-electron chi connectivity index (χ3n) is 22.4. The third kappa shape index (κ3) is 16.0. The van der Waals surface area contributed by atoms with Crippen molar-refractivity contribution in [3.05, 3.63) is 438 Å². The molecule has 19 heteroatoms. The molecule has 0 bridgehead atoms. The molecule has 608 valence electrons. The van der Waals surface area contributed by atoms with Gasteiger partial charge in [0.1, 0.15) is 5.82 Å². The molecule has 0 aliphatic heterocycles. The minimum atomic E-state index is 0.789. The van der Waals surface area contributed by atoms with Gasteiger partial charge in [-0.25, -0.2) is 15.0 Å². The van der Waals surface area contributed by atoms with Gasteiger partial charge in [0.15, 0.2) is 0 Å². The summed E-state index contributed by atoms with van der Waals surface area (Å²) in [6.45, 7) is 0. The molecule has 9 aromatic carbocycles. The minimum Gasteiger partial charge on any atom is -0.308 e. The van der Waals surface area contributed by atoms with Crippen molar-refractivity contribution in [1.82, 2.24) is 73.1 Å². The van der Waals surface area contributed by atoms with Crippen LogP contribution >= 0.6 is 63.7 Å². The standard InChI is InChI=1S/2C28H18BrN3.C27H17BrN4.C26H16BrN5/c29-22-13-14-23-26(18-22)32(25-12-7-15-30-28(23)25)27-17-21(19-8-3-1-4-9-19)16-24(31-27)20-10-5-2-6-11-20;29-21-13-14-23-27(16-21)32(26-12-7-15-30-28(23)26)22-17-24(19-8-3-1-4-9-19)31-25(18-22)20-10-5-2-6-11-20;28-20-9-10-22-26(17-20)32(25-8-5-13-31-27(22)25)21-15-18(23-6-1-3-11-29-23)14-19(16-21)24-7-2-4-12-30-24;27-17-9-10-19-25(14-17)32(24-8-5-13-30-26(19)24)18-15-22(20-6-1-3-11-28-20)31-23(16-18)21-7-2-4-12-29-21/h2*1-18H;1-17H;1-16H. The number of hydrogen-bond donors (Lipinski definition) is 0. The Balaban J connectivity index is 0.000000104. The molecule has 0 aliphatic rings. The molecule has 0 fully saturated rings. The normalized spacial score (nSPS) is 11.3. The number of hydrogen-bond acceptors (Lipinski definition) is 11. The summed E-state index contributed by atoms with van der Waals surface area (Å²) in [7, 11) is 0. The predicted molar refractivity (Wildman–Crippen MR) is 533 cm³/mol. The molecule has 128 heavy (non-hydrogen) atoms. The number of halogens is 4. The van der Waals surface area contributed by atoms with E-state index >= 15 is 0 Å². The second kappa shape index (κ2) is 35.4. The summed E-state index contributed by atoms with van der Waals surface area (Å²) in [5.41, 5.74) is 31.1. The molecule has 15 aromatic heterocycles. The summed E-state index contributed by atoms with van der Waals surface area (Å²) in [6.07, 6.45) is 14.6. The molecule has 0 saturated heterocycles. The lowest BCUT2D eigenvalue weighted by atomic mass is 10.0. The Morgan fingerprint density at radius 3 is 0.805 bits per heavy atom. The second-order valence-electron chi connectivity index (χ2n) is 30.4. The van der Waals surface area contributed by atoms with Crippen molar-refractivity contribution in [2.75, 3.05) is 0 Å². The second-order valence-corrected chi connectivity index (χ2v) is 34.0. The summed E-state index contributed by atoms with van der Waals surface area (Å²) in [4.78, 5) is 52.0. The molecule has 0 aliphatic carbocycles. The van der Waals surface area contributed by atoms with Gasteiger partial charge in [0.05, 0.1) is 129 Å². The zero-order valence-electron chi connectivity index (χ0n) is 68.1. The van der Waals surface area contributed by atoms with Gasteiger partial charge < -0.3 is 13.7 Å². The fourth-order valence-electron chi connectivity index (χ4n) is 16.7. The first-order chi connectivity index (χ1) is 63.1. The van der Waals surface area contributed by atoms with Crippen molar-refractivity contribution in [1.29, 1.82) is 0 Å². The highest BCUT2D eigenvalue weighted by atomic mass is 79.9. The summed E-state index contributed by atoms with van der Waals surface area (Å²) in [5, 5.41) is 4.45. The molecule has 0 saturated carbocycles. The molecule has 0 unspecified atom stereocenters. The van der Waals surface area contributed by atoms with Crippen LogP contribution in [0.4, 0.5) is 0 Å². The van der Waals surface area contributed by atoms with Gasteiger partial charge in [0, 0.05) is 123 Å². The highest BCUT2D eigenvalue weighted by Crippen LogP contribution is 2.42. The lowest BCUT2D eigenvalue weighted by Gasteiger charge is -2.13. The lowest BCUT2D eigenvalue weighted by molar-refractivity contribution is 1.08. The average Bonchev–Trinajstić information content (AvgIpc) is 1.59. The molecule has 24 rings (SSSR count). The van der Waals surface area contributed by atoms with Crippen molar-refractivity contribution in [3.63, 3.8) is 0 Å². The minimum absolute atomic E-state index is 0.789. The highest BCUT2D eigenvalue weighted by Gasteiger charge is 2.23. The van der Waals surface area contributed by atoms with Crippen LogP contribution < -0.4 is 0 Å². The van der Waals surface area contributed by atoms with E-state index in [2.05, 4.69) is 323 Å². The van der Waals surface area contributed by atoms with Crippen molar-refractivity contribution in [2.24, 2.45) is 0 Å². The Labute approximate surface area is 768 Å². The summed E-state index contributed by atoms with van der Waals surface area (Å²) < 4.78 is 13.1. The van der Waals surface area contributed by atoms with Crippen molar-refractivity contribution >= 4 is 151 Å². The predicted octanol–water partition coefficient (Wildman–Crippen LogP) is 28.9. The van der Waals surface area contributed by atoms with E-state index in [1.807, 2.05) is 201 Å². The van der Waals surface area contributed by atoms with E-state index in [1.54, 1.807) is 12.4 Å². The monoisotopic (exact) mass is 1900 g/mol. The van der Waals surface area contributed by atoms with Crippen LogP contribution in [-0.2, 0) is 0 Å². The molecular formula is C109H69Br4N15. The fraction of sp³-hybridized carbons (Fsp3) is 0. The van der Waals surface area contributed by atoms with Crippen molar-refractivity contribution in [3.8, 4) is 113 Å². The number of benzene rings is 9. The molecule has 0 radical (unpaired) electrons. The van der Waals surface area contributed by atoms with Crippen molar-refractivity contribution in [2.45, 2.75) is 0 Å². The fourth-order valence-corrected chi connectivity index (χ4v) is 18.1. The first kappa shape index (κ1) is 79.9. The number of fused-ring (bicyclic) bond motifs is 12. The van der Waals surface area contributed by atoms with E-state index in [0.29, 0.717) is 0 Å². The molecule has 15 heterocycles. The highest BCUT2D eigenvalue weighted by molar-refractivity contribution is 9.11. The molecule has 24 aromatic rings. The van der Waals surface area contributed by atoms with E-state index in [0.717, 1.165) is 219 Å². The van der Waals surface area contributed by atoms with Gasteiger partial charge >= 0.3 is 0 Å². The Bertz CT molecular complexity index is 7030. The van der Waals surface area contributed by atoms with Crippen LogP contribution in [0.15, 0.2) is 438 Å². The smallest absolute Gasteiger partial charge is 0.138 e. The van der Waals surface area contributed by atoms with Crippen LogP contribution in [0.25, 0.3) is 201 Å². The van der Waals surface area contributed by atoms with Gasteiger partial charge in [-0.05, 0) is 236 Å². The molecule has 0 atom stereocenters. The van der Waals surface area contributed by atoms with Crippen molar-refractivity contribution < 1.29 is 0 Å². The number of rotatable bonds is 12. The van der Waals surface area contributed by atoms with Crippen LogP contribution in [0.3, 0.4) is 0 Å². The summed E-state index contributed by atoms with van der Waals surface area (Å²) >= 11 is 14.6. The van der Waals surface area contributed by atoms with E-state index in [9.17, 15) is 0 Å². The lowest BCUT2D eigenvalue weighted by Crippen LogP contribution is -2.00. The van der Waals surface area contributed by atoms with Gasteiger partial charge in [-0.2, -0.15) is 0 Å². The maximum atomic E-state index is 5.12. The molecule has 15 nitrogen and oxygen atoms in total. The van der Waals surface area contributed by atoms with Crippen LogP contribution in [0, 0.1) is 0 Å². The average molecular weight is 1910 g/mol. The van der Waals surface area contributed by atoms with E-state index < -0.39 is 0 Å². The third-order valence-corrected chi connectivity index (χ3v) is 24.4. The largest absolute Gasteiger partial charge is 0.308 e. The van der Waals surface area contributed by atoms with Crippen LogP contribution in [-0.4, -0.2) is 73.1 Å². The topological polar surface area (TPSA) is 162 Å². The number of aromatic nitrogens is 15. The number of nitrogens with zero attached hydrogens (tertiary/aromatic N) is 15. The Morgan fingerprint density at radius 1 is 0.164 bits per heavy atom. The zero-order valence-corrected chi connectivity index (χ0v) is 74.4. The van der Waals surface area contributed by atoms with Gasteiger partial charge in [0.25, 0.3) is 0 Å². The van der Waals surface area contributed by atoms with Gasteiger partial charge in [-0.1, -0.05) is 209 Å². The SMILES string of the molecule is Brc1ccc2c3ncccc3n(-c3cc(-c4ccccc4)cc(-c4ccccc4)n3)c2c1.Brc1ccc2c3ncccc3n(-c3cc(-c4ccccc4)nc(-c4ccccc4)c3)c2c1.Brc1ccc2c3ncccc3n(-c3cc(-c4ccccn4)cc(-c4ccccn4)c3)c2c1.Brc1ccc2c3ncccc3n(-c3cc(-c4ccccn4)nc(-c4ccccn4)c3)c2c1. The number of pyridine rings is 11. The Kier molecular flexibility index (Phi) is 22.1. The first-order valence-corrected chi connectivity index (χ1v) is 44.6. The maximum Gasteiger partial charge on any atom is 0.138 e. The van der Waals surface area contributed by atoms with E-state index in [-0.39, 0.29) is 0 Å². The first-order valence-electron chi connectivity index (χ1n) is 41.4. The molecule has 0 amide bonds. The summed E-state index contributed by atoms with van der Waals surface area (Å²) in [5.74, 6) is 0.872. The van der Waals surface area contributed by atoms with Gasteiger partial charge in [-0.15, -0.1) is 0 Å². The maximum absolute atomic E-state index is 5.12. The molecule has 0 spiro atoms. The van der Waals surface area contributed by atoms with Crippen LogP contribution in [0.5, 0.6) is 0 Å². The molecular weight excluding hydrogens is 1840 g/mol. The van der Waals surface area contributed by atoms with E-state index in [1.165, 1.54) is 0 Å². The Hall–Kier alpha value is -15.3. The van der Waals surface area contributed by atoms with Crippen LogP contribution in [0.1, 0.15) is 0 Å². The van der Waals surface area contributed by atoms with Gasteiger partial charge in [0.2, 0.25) is 0 Å². The Morgan fingerprint density at radius 2 is 0.453 bits per heavy atom. The summed E-state index contributed by atoms with van der Waals surface area (Å²) in [6, 6.07) is 126.